The van der Waals surface area contributed by atoms with Gasteiger partial charge in [0.2, 0.25) is 11.8 Å². The Morgan fingerprint density at radius 2 is 2.07 bits per heavy atom. The molecule has 0 unspecified atom stereocenters. The van der Waals surface area contributed by atoms with E-state index in [2.05, 4.69) is 10.3 Å². The Labute approximate surface area is 168 Å². The van der Waals surface area contributed by atoms with Crippen LogP contribution in [0.2, 0.25) is 0 Å². The van der Waals surface area contributed by atoms with Crippen LogP contribution in [0.15, 0.2) is 34.2 Å². The van der Waals surface area contributed by atoms with E-state index in [1.54, 1.807) is 29.8 Å². The maximum Gasteiger partial charge on any atom is 0.262 e. The highest BCUT2D eigenvalue weighted by molar-refractivity contribution is 7.99. The van der Waals surface area contributed by atoms with Gasteiger partial charge in [-0.2, -0.15) is 0 Å². The van der Waals surface area contributed by atoms with Crippen molar-refractivity contribution in [1.82, 2.24) is 19.8 Å². The van der Waals surface area contributed by atoms with Crippen molar-refractivity contribution >= 4 is 34.5 Å². The first-order valence-electron chi connectivity index (χ1n) is 9.12. The molecule has 1 heterocycles. The molecule has 28 heavy (non-hydrogen) atoms. The number of para-hydroxylation sites is 1. The summed E-state index contributed by atoms with van der Waals surface area (Å²) < 4.78 is 6.95. The van der Waals surface area contributed by atoms with Gasteiger partial charge < -0.3 is 15.0 Å². The molecule has 0 aliphatic rings. The summed E-state index contributed by atoms with van der Waals surface area (Å²) >= 11 is 1.20. The standard InChI is InChI=1S/C19H26N4O4S/c1-4-27-11-7-10-23-18(26)14-8-5-6-9-15(14)21-19(23)28-13-17(25)22(3)12-16(24)20-2/h5-6,8-9H,4,7,10-13H2,1-3H3,(H,20,24). The molecule has 0 atom stereocenters. The van der Waals surface area contributed by atoms with Gasteiger partial charge in [0.25, 0.3) is 5.56 Å². The first-order valence-corrected chi connectivity index (χ1v) is 10.1. The van der Waals surface area contributed by atoms with Crippen LogP contribution in [0.1, 0.15) is 13.3 Å². The minimum atomic E-state index is -0.238. The molecule has 1 N–H and O–H groups in total. The van der Waals surface area contributed by atoms with Crippen molar-refractivity contribution in [2.75, 3.05) is 39.6 Å². The van der Waals surface area contributed by atoms with E-state index in [1.165, 1.54) is 23.7 Å². The Hall–Kier alpha value is -2.39. The third-order valence-electron chi connectivity index (χ3n) is 4.11. The largest absolute Gasteiger partial charge is 0.382 e. The number of likely N-dealkylation sites (N-methyl/N-ethyl adjacent to an activating group) is 2. The fourth-order valence-electron chi connectivity index (χ4n) is 2.54. The number of hydrogen-bond donors (Lipinski definition) is 1. The molecule has 0 saturated heterocycles. The van der Waals surface area contributed by atoms with Crippen LogP contribution in [-0.2, 0) is 20.9 Å². The van der Waals surface area contributed by atoms with Crippen molar-refractivity contribution in [3.8, 4) is 0 Å². The Kier molecular flexibility index (Phi) is 8.46. The van der Waals surface area contributed by atoms with Crippen LogP contribution in [0.25, 0.3) is 10.9 Å². The minimum Gasteiger partial charge on any atom is -0.382 e. The van der Waals surface area contributed by atoms with Crippen LogP contribution < -0.4 is 10.9 Å². The molecule has 1 aromatic heterocycles. The lowest BCUT2D eigenvalue weighted by Crippen LogP contribution is -2.37. The molecule has 1 aromatic carbocycles. The maximum atomic E-state index is 12.9. The van der Waals surface area contributed by atoms with Crippen LogP contribution in [0.5, 0.6) is 0 Å². The number of thioether (sulfide) groups is 1. The van der Waals surface area contributed by atoms with E-state index in [0.29, 0.717) is 42.2 Å². The lowest BCUT2D eigenvalue weighted by molar-refractivity contribution is -0.132. The third-order valence-corrected chi connectivity index (χ3v) is 5.07. The molecule has 2 amide bonds. The highest BCUT2D eigenvalue weighted by atomic mass is 32.2. The number of fused-ring (bicyclic) bond motifs is 1. The zero-order chi connectivity index (χ0) is 20.5. The fraction of sp³-hybridized carbons (Fsp3) is 0.474. The summed E-state index contributed by atoms with van der Waals surface area (Å²) in [4.78, 5) is 42.6. The van der Waals surface area contributed by atoms with Crippen LogP contribution in [0.3, 0.4) is 0 Å². The number of nitrogens with one attached hydrogen (secondary N) is 1. The SMILES string of the molecule is CCOCCCn1c(SCC(=O)N(C)CC(=O)NC)nc2ccccc2c1=O. The van der Waals surface area contributed by atoms with E-state index in [1.807, 2.05) is 13.0 Å². The Balaban J connectivity index is 2.20. The number of benzene rings is 1. The lowest BCUT2D eigenvalue weighted by atomic mass is 10.2. The number of carbonyl (C=O) groups is 2. The monoisotopic (exact) mass is 406 g/mol. The molecule has 0 radical (unpaired) electrons. The number of nitrogens with zero attached hydrogens (tertiary/aromatic N) is 3. The molecule has 2 aromatic rings. The van der Waals surface area contributed by atoms with Gasteiger partial charge >= 0.3 is 0 Å². The predicted molar refractivity (Wildman–Crippen MR) is 110 cm³/mol. The summed E-state index contributed by atoms with van der Waals surface area (Å²) in [6.07, 6.45) is 0.672. The summed E-state index contributed by atoms with van der Waals surface area (Å²) in [5.41, 5.74) is 0.470. The molecular weight excluding hydrogens is 380 g/mol. The van der Waals surface area contributed by atoms with Gasteiger partial charge in [0.15, 0.2) is 5.16 Å². The minimum absolute atomic E-state index is 0.0117. The van der Waals surface area contributed by atoms with E-state index in [4.69, 9.17) is 4.74 Å². The molecule has 0 aliphatic heterocycles. The average Bonchev–Trinajstić information content (AvgIpc) is 2.70. The van der Waals surface area contributed by atoms with Crippen molar-refractivity contribution in [3.05, 3.63) is 34.6 Å². The number of aromatic nitrogens is 2. The van der Waals surface area contributed by atoms with E-state index in [-0.39, 0.29) is 29.7 Å². The van der Waals surface area contributed by atoms with Gasteiger partial charge in [-0.15, -0.1) is 0 Å². The zero-order valence-electron chi connectivity index (χ0n) is 16.4. The third kappa shape index (κ3) is 5.80. The molecule has 9 heteroatoms. The van der Waals surface area contributed by atoms with E-state index in [0.717, 1.165) is 0 Å². The number of hydrogen-bond acceptors (Lipinski definition) is 6. The summed E-state index contributed by atoms with van der Waals surface area (Å²) in [5, 5.41) is 3.52. The summed E-state index contributed by atoms with van der Waals surface area (Å²) in [7, 11) is 3.09. The second-order valence-corrected chi connectivity index (χ2v) is 7.07. The summed E-state index contributed by atoms with van der Waals surface area (Å²) in [5.74, 6) is -0.363. The maximum absolute atomic E-state index is 12.9. The molecular formula is C19H26N4O4S. The van der Waals surface area contributed by atoms with Crippen molar-refractivity contribution in [1.29, 1.82) is 0 Å². The number of carbonyl (C=O) groups excluding carboxylic acids is 2. The highest BCUT2D eigenvalue weighted by Gasteiger charge is 2.16. The highest BCUT2D eigenvalue weighted by Crippen LogP contribution is 2.18. The van der Waals surface area contributed by atoms with E-state index >= 15 is 0 Å². The van der Waals surface area contributed by atoms with Crippen molar-refractivity contribution < 1.29 is 14.3 Å². The van der Waals surface area contributed by atoms with Gasteiger partial charge in [-0.1, -0.05) is 23.9 Å². The van der Waals surface area contributed by atoms with E-state index < -0.39 is 0 Å². The number of amides is 2. The quantitative estimate of drug-likeness (QED) is 0.361. The van der Waals surface area contributed by atoms with Gasteiger partial charge in [-0.3, -0.25) is 19.0 Å². The fourth-order valence-corrected chi connectivity index (χ4v) is 3.51. The summed E-state index contributed by atoms with van der Waals surface area (Å²) in [6.45, 7) is 3.54. The van der Waals surface area contributed by atoms with Crippen molar-refractivity contribution in [2.24, 2.45) is 0 Å². The van der Waals surface area contributed by atoms with Crippen LogP contribution in [0.4, 0.5) is 0 Å². The van der Waals surface area contributed by atoms with Crippen molar-refractivity contribution in [3.63, 3.8) is 0 Å². The van der Waals surface area contributed by atoms with Gasteiger partial charge in [-0.25, -0.2) is 4.98 Å². The molecule has 8 nitrogen and oxygen atoms in total. The first kappa shape index (κ1) is 21.9. The van der Waals surface area contributed by atoms with Crippen LogP contribution >= 0.6 is 11.8 Å². The molecule has 0 fully saturated rings. The molecule has 0 aliphatic carbocycles. The second kappa shape index (κ2) is 10.8. The second-order valence-electron chi connectivity index (χ2n) is 6.13. The zero-order valence-corrected chi connectivity index (χ0v) is 17.3. The Bertz CT molecular complexity index is 884. The van der Waals surface area contributed by atoms with Gasteiger partial charge in [0.05, 0.1) is 23.2 Å². The van der Waals surface area contributed by atoms with E-state index in [9.17, 15) is 14.4 Å². The van der Waals surface area contributed by atoms with Crippen molar-refractivity contribution in [2.45, 2.75) is 25.0 Å². The Morgan fingerprint density at radius 1 is 1.32 bits per heavy atom. The molecule has 152 valence electrons. The van der Waals surface area contributed by atoms with Gasteiger partial charge in [-0.05, 0) is 25.5 Å². The molecule has 2 rings (SSSR count). The number of ether oxygens (including phenoxy) is 1. The average molecular weight is 407 g/mol. The van der Waals surface area contributed by atoms with Crippen LogP contribution in [0, 0.1) is 0 Å². The molecule has 0 saturated carbocycles. The number of rotatable bonds is 10. The first-order chi connectivity index (χ1) is 13.5. The predicted octanol–water partition coefficient (Wildman–Crippen LogP) is 1.12. The normalized spacial score (nSPS) is 10.8. The smallest absolute Gasteiger partial charge is 0.262 e. The van der Waals surface area contributed by atoms with Gasteiger partial charge in [0.1, 0.15) is 0 Å². The molecule has 0 spiro atoms. The van der Waals surface area contributed by atoms with Gasteiger partial charge in [0, 0.05) is 33.9 Å². The molecule has 0 bridgehead atoms. The Morgan fingerprint density at radius 3 is 2.79 bits per heavy atom. The summed E-state index contributed by atoms with van der Waals surface area (Å²) in [6, 6.07) is 7.16. The topological polar surface area (TPSA) is 93.5 Å². The van der Waals surface area contributed by atoms with Crippen LogP contribution in [-0.4, -0.2) is 65.9 Å². The lowest BCUT2D eigenvalue weighted by Gasteiger charge is -2.17.